The van der Waals surface area contributed by atoms with Crippen molar-refractivity contribution >= 4 is 10.9 Å². The molecule has 0 saturated heterocycles. The molecule has 0 radical (unpaired) electrons. The van der Waals surface area contributed by atoms with Gasteiger partial charge in [0.1, 0.15) is 5.82 Å². The molecule has 0 aliphatic carbocycles. The first kappa shape index (κ1) is 13.5. The fourth-order valence-electron chi connectivity index (χ4n) is 2.38. The first-order valence-corrected chi connectivity index (χ1v) is 7.03. The van der Waals surface area contributed by atoms with Crippen LogP contribution in [-0.2, 0) is 0 Å². The number of aromatic amines is 1. The highest BCUT2D eigenvalue weighted by atomic mass is 16.1. The molecule has 0 aliphatic heterocycles. The Bertz CT molecular complexity index is 860. The zero-order chi connectivity index (χ0) is 15.0. The van der Waals surface area contributed by atoms with Gasteiger partial charge < -0.3 is 4.98 Å². The van der Waals surface area contributed by atoms with Gasteiger partial charge in [-0.3, -0.25) is 9.78 Å². The molecular formula is C17H17N3O. The van der Waals surface area contributed by atoms with Crippen LogP contribution in [0.5, 0.6) is 0 Å². The summed E-state index contributed by atoms with van der Waals surface area (Å²) in [6.07, 6.45) is 1.76. The van der Waals surface area contributed by atoms with Crippen molar-refractivity contribution in [2.45, 2.75) is 26.7 Å². The summed E-state index contributed by atoms with van der Waals surface area (Å²) in [6, 6.07) is 9.87. The predicted molar refractivity (Wildman–Crippen MR) is 84.4 cm³/mol. The van der Waals surface area contributed by atoms with Gasteiger partial charge >= 0.3 is 0 Å². The summed E-state index contributed by atoms with van der Waals surface area (Å²) < 4.78 is 0. The number of pyridine rings is 1. The zero-order valence-corrected chi connectivity index (χ0v) is 12.3. The van der Waals surface area contributed by atoms with E-state index in [4.69, 9.17) is 0 Å². The molecule has 21 heavy (non-hydrogen) atoms. The van der Waals surface area contributed by atoms with Crippen molar-refractivity contribution in [2.24, 2.45) is 0 Å². The summed E-state index contributed by atoms with van der Waals surface area (Å²) in [7, 11) is 0. The number of benzene rings is 1. The second-order valence-corrected chi connectivity index (χ2v) is 5.46. The lowest BCUT2D eigenvalue weighted by molar-refractivity contribution is 0.765. The third-order valence-electron chi connectivity index (χ3n) is 3.60. The SMILES string of the molecule is Cc1c(-c2cccc3cccnc23)nc(C(C)C)[nH]c1=O. The Morgan fingerprint density at radius 1 is 1.14 bits per heavy atom. The molecule has 1 N–H and O–H groups in total. The van der Waals surface area contributed by atoms with Crippen LogP contribution in [0.1, 0.15) is 31.2 Å². The maximum atomic E-state index is 12.2. The van der Waals surface area contributed by atoms with Gasteiger partial charge in [-0.15, -0.1) is 0 Å². The van der Waals surface area contributed by atoms with Crippen LogP contribution < -0.4 is 5.56 Å². The van der Waals surface area contributed by atoms with Gasteiger partial charge in [0, 0.05) is 28.6 Å². The van der Waals surface area contributed by atoms with Crippen molar-refractivity contribution in [1.29, 1.82) is 0 Å². The molecular weight excluding hydrogens is 262 g/mol. The van der Waals surface area contributed by atoms with Crippen molar-refractivity contribution in [3.63, 3.8) is 0 Å². The second kappa shape index (κ2) is 5.13. The topological polar surface area (TPSA) is 58.6 Å². The number of hydrogen-bond donors (Lipinski definition) is 1. The van der Waals surface area contributed by atoms with E-state index in [0.717, 1.165) is 16.5 Å². The summed E-state index contributed by atoms with van der Waals surface area (Å²) in [5.41, 5.74) is 3.02. The van der Waals surface area contributed by atoms with E-state index in [-0.39, 0.29) is 11.5 Å². The smallest absolute Gasteiger partial charge is 0.254 e. The van der Waals surface area contributed by atoms with Gasteiger partial charge in [-0.05, 0) is 13.0 Å². The van der Waals surface area contributed by atoms with Crippen LogP contribution in [-0.4, -0.2) is 15.0 Å². The minimum absolute atomic E-state index is 0.0864. The Morgan fingerprint density at radius 2 is 1.90 bits per heavy atom. The van der Waals surface area contributed by atoms with Crippen LogP contribution in [0.2, 0.25) is 0 Å². The van der Waals surface area contributed by atoms with Gasteiger partial charge in [0.2, 0.25) is 0 Å². The maximum absolute atomic E-state index is 12.2. The summed E-state index contributed by atoms with van der Waals surface area (Å²) in [5, 5.41) is 1.04. The van der Waals surface area contributed by atoms with E-state index in [9.17, 15) is 4.79 Å². The quantitative estimate of drug-likeness (QED) is 0.782. The number of hydrogen-bond acceptors (Lipinski definition) is 3. The van der Waals surface area contributed by atoms with Crippen molar-refractivity contribution in [3.05, 3.63) is 58.3 Å². The Balaban J connectivity index is 2.35. The molecule has 0 saturated carbocycles. The molecule has 0 fully saturated rings. The fraction of sp³-hybridized carbons (Fsp3) is 0.235. The number of fused-ring (bicyclic) bond motifs is 1. The molecule has 0 amide bonds. The summed E-state index contributed by atoms with van der Waals surface area (Å²) >= 11 is 0. The first-order valence-electron chi connectivity index (χ1n) is 7.03. The monoisotopic (exact) mass is 279 g/mol. The van der Waals surface area contributed by atoms with Crippen LogP contribution >= 0.6 is 0 Å². The highest BCUT2D eigenvalue weighted by Gasteiger charge is 2.14. The summed E-state index contributed by atoms with van der Waals surface area (Å²) in [6.45, 7) is 5.82. The average Bonchev–Trinajstić information content (AvgIpc) is 2.49. The molecule has 2 aromatic heterocycles. The van der Waals surface area contributed by atoms with Gasteiger partial charge in [-0.2, -0.15) is 0 Å². The largest absolute Gasteiger partial charge is 0.310 e. The molecule has 4 nitrogen and oxygen atoms in total. The van der Waals surface area contributed by atoms with E-state index in [0.29, 0.717) is 17.1 Å². The molecule has 4 heteroatoms. The number of aromatic nitrogens is 3. The summed E-state index contributed by atoms with van der Waals surface area (Å²) in [5.74, 6) is 0.869. The lowest BCUT2D eigenvalue weighted by atomic mass is 10.0. The van der Waals surface area contributed by atoms with E-state index in [2.05, 4.69) is 15.0 Å². The van der Waals surface area contributed by atoms with Gasteiger partial charge in [-0.25, -0.2) is 4.98 Å². The molecule has 0 unspecified atom stereocenters. The second-order valence-electron chi connectivity index (χ2n) is 5.46. The summed E-state index contributed by atoms with van der Waals surface area (Å²) in [4.78, 5) is 24.1. The third-order valence-corrected chi connectivity index (χ3v) is 3.60. The molecule has 106 valence electrons. The van der Waals surface area contributed by atoms with Crippen LogP contribution in [0.25, 0.3) is 22.2 Å². The van der Waals surface area contributed by atoms with Crippen LogP contribution in [0.3, 0.4) is 0 Å². The maximum Gasteiger partial charge on any atom is 0.254 e. The van der Waals surface area contributed by atoms with E-state index in [1.807, 2.05) is 44.2 Å². The average molecular weight is 279 g/mol. The minimum Gasteiger partial charge on any atom is -0.310 e. The number of nitrogens with zero attached hydrogens (tertiary/aromatic N) is 2. The standard InChI is InChI=1S/C17H17N3O/c1-10(2)16-19-14(11(3)17(21)20-16)13-8-4-6-12-7-5-9-18-15(12)13/h4-10H,1-3H3,(H,19,20,21). The van der Waals surface area contributed by atoms with Crippen molar-refractivity contribution < 1.29 is 0 Å². The third kappa shape index (κ3) is 2.33. The zero-order valence-electron chi connectivity index (χ0n) is 12.3. The molecule has 0 spiro atoms. The van der Waals surface area contributed by atoms with Crippen LogP contribution in [0, 0.1) is 6.92 Å². The molecule has 0 atom stereocenters. The normalized spacial score (nSPS) is 11.2. The molecule has 2 heterocycles. The Hall–Kier alpha value is -2.49. The highest BCUT2D eigenvalue weighted by Crippen LogP contribution is 2.27. The van der Waals surface area contributed by atoms with Crippen molar-refractivity contribution in [3.8, 4) is 11.3 Å². The number of nitrogens with one attached hydrogen (secondary N) is 1. The minimum atomic E-state index is -0.0864. The van der Waals surface area contributed by atoms with E-state index in [1.54, 1.807) is 13.1 Å². The van der Waals surface area contributed by atoms with Crippen molar-refractivity contribution in [2.75, 3.05) is 0 Å². The van der Waals surface area contributed by atoms with E-state index >= 15 is 0 Å². The molecule has 0 aliphatic rings. The van der Waals surface area contributed by atoms with E-state index < -0.39 is 0 Å². The molecule has 1 aromatic carbocycles. The lowest BCUT2D eigenvalue weighted by Crippen LogP contribution is -2.17. The number of para-hydroxylation sites is 1. The van der Waals surface area contributed by atoms with Crippen LogP contribution in [0.4, 0.5) is 0 Å². The van der Waals surface area contributed by atoms with Gasteiger partial charge in [0.05, 0.1) is 11.2 Å². The number of rotatable bonds is 2. The van der Waals surface area contributed by atoms with Gasteiger partial charge in [-0.1, -0.05) is 38.1 Å². The fourth-order valence-corrected chi connectivity index (χ4v) is 2.38. The van der Waals surface area contributed by atoms with Gasteiger partial charge in [0.15, 0.2) is 0 Å². The predicted octanol–water partition coefficient (Wildman–Crippen LogP) is 3.42. The first-order chi connectivity index (χ1) is 10.1. The lowest BCUT2D eigenvalue weighted by Gasteiger charge is -2.11. The van der Waals surface area contributed by atoms with Gasteiger partial charge in [0.25, 0.3) is 5.56 Å². The Labute approximate surface area is 122 Å². The Morgan fingerprint density at radius 3 is 2.67 bits per heavy atom. The van der Waals surface area contributed by atoms with Crippen molar-refractivity contribution in [1.82, 2.24) is 15.0 Å². The van der Waals surface area contributed by atoms with E-state index in [1.165, 1.54) is 0 Å². The molecule has 3 aromatic rings. The van der Waals surface area contributed by atoms with Crippen LogP contribution in [0.15, 0.2) is 41.3 Å². The molecule has 0 bridgehead atoms. The highest BCUT2D eigenvalue weighted by molar-refractivity contribution is 5.93. The number of H-pyrrole nitrogens is 1. The Kier molecular flexibility index (Phi) is 3.29. The molecule has 3 rings (SSSR count).